The Morgan fingerprint density at radius 1 is 1.12 bits per heavy atom. The molecule has 170 valence electrons. The summed E-state index contributed by atoms with van der Waals surface area (Å²) in [4.78, 5) is 36.6. The van der Waals surface area contributed by atoms with Crippen molar-refractivity contribution in [3.8, 4) is 17.1 Å². The SMILES string of the molecule is CCOc1ccc(C(N)=O)cc1-c1nc2cc3ncn(Cc4ccc(F)cc4)c3cc2c(=O)[nH]1. The van der Waals surface area contributed by atoms with E-state index in [1.165, 1.54) is 12.1 Å². The summed E-state index contributed by atoms with van der Waals surface area (Å²) in [7, 11) is 0. The highest BCUT2D eigenvalue weighted by molar-refractivity contribution is 5.95. The van der Waals surface area contributed by atoms with Gasteiger partial charge in [-0.3, -0.25) is 9.59 Å². The van der Waals surface area contributed by atoms with Crippen molar-refractivity contribution >= 4 is 27.8 Å². The second-order valence-electron chi connectivity index (χ2n) is 7.78. The molecule has 0 saturated heterocycles. The lowest BCUT2D eigenvalue weighted by Gasteiger charge is -2.11. The molecular weight excluding hydrogens is 437 g/mol. The Balaban J connectivity index is 1.62. The summed E-state index contributed by atoms with van der Waals surface area (Å²) in [5.41, 5.74) is 8.59. The molecule has 0 atom stereocenters. The van der Waals surface area contributed by atoms with Crippen molar-refractivity contribution in [1.29, 1.82) is 0 Å². The number of aromatic nitrogens is 4. The van der Waals surface area contributed by atoms with Crippen molar-refractivity contribution in [3.63, 3.8) is 0 Å². The predicted molar refractivity (Wildman–Crippen MR) is 126 cm³/mol. The van der Waals surface area contributed by atoms with Crippen molar-refractivity contribution in [1.82, 2.24) is 19.5 Å². The minimum absolute atomic E-state index is 0.258. The van der Waals surface area contributed by atoms with E-state index in [2.05, 4.69) is 15.0 Å². The van der Waals surface area contributed by atoms with Gasteiger partial charge in [0, 0.05) is 12.1 Å². The molecule has 2 aromatic heterocycles. The maximum atomic E-state index is 13.2. The molecule has 9 heteroatoms. The van der Waals surface area contributed by atoms with Crippen LogP contribution >= 0.6 is 0 Å². The molecule has 34 heavy (non-hydrogen) atoms. The van der Waals surface area contributed by atoms with Gasteiger partial charge in [-0.15, -0.1) is 0 Å². The first-order chi connectivity index (χ1) is 16.4. The molecule has 0 aliphatic carbocycles. The minimum Gasteiger partial charge on any atom is -0.493 e. The average Bonchev–Trinajstić information content (AvgIpc) is 3.21. The first-order valence-corrected chi connectivity index (χ1v) is 10.6. The summed E-state index contributed by atoms with van der Waals surface area (Å²) in [6.07, 6.45) is 1.67. The highest BCUT2D eigenvalue weighted by Gasteiger charge is 2.15. The number of fused-ring (bicyclic) bond motifs is 2. The Bertz CT molecular complexity index is 1610. The summed E-state index contributed by atoms with van der Waals surface area (Å²) in [6.45, 7) is 2.71. The summed E-state index contributed by atoms with van der Waals surface area (Å²) in [5.74, 6) is -0.165. The third kappa shape index (κ3) is 3.88. The second-order valence-corrected chi connectivity index (χ2v) is 7.78. The van der Waals surface area contributed by atoms with Crippen LogP contribution in [0, 0.1) is 5.82 Å². The van der Waals surface area contributed by atoms with Crippen LogP contribution in [-0.2, 0) is 6.54 Å². The zero-order valence-corrected chi connectivity index (χ0v) is 18.2. The molecule has 5 rings (SSSR count). The molecule has 0 unspecified atom stereocenters. The molecule has 3 N–H and O–H groups in total. The molecule has 5 aromatic rings. The van der Waals surface area contributed by atoms with E-state index in [0.717, 1.165) is 11.1 Å². The fraction of sp³-hybridized carbons (Fsp3) is 0.120. The van der Waals surface area contributed by atoms with Gasteiger partial charge in [0.15, 0.2) is 0 Å². The number of rotatable bonds is 6. The lowest BCUT2D eigenvalue weighted by molar-refractivity contribution is 0.100. The van der Waals surface area contributed by atoms with E-state index < -0.39 is 5.91 Å². The Morgan fingerprint density at radius 2 is 1.91 bits per heavy atom. The van der Waals surface area contributed by atoms with Gasteiger partial charge in [0.05, 0.1) is 40.4 Å². The van der Waals surface area contributed by atoms with Crippen LogP contribution < -0.4 is 16.0 Å². The Hall–Kier alpha value is -4.53. The largest absolute Gasteiger partial charge is 0.493 e. The summed E-state index contributed by atoms with van der Waals surface area (Å²) < 4.78 is 20.8. The highest BCUT2D eigenvalue weighted by Crippen LogP contribution is 2.30. The van der Waals surface area contributed by atoms with Crippen LogP contribution in [0.5, 0.6) is 5.75 Å². The van der Waals surface area contributed by atoms with E-state index in [9.17, 15) is 14.0 Å². The second kappa shape index (κ2) is 8.43. The topological polar surface area (TPSA) is 116 Å². The van der Waals surface area contributed by atoms with Gasteiger partial charge in [0.2, 0.25) is 5.91 Å². The van der Waals surface area contributed by atoms with Crippen molar-refractivity contribution in [3.05, 3.63) is 88.2 Å². The van der Waals surface area contributed by atoms with Gasteiger partial charge < -0.3 is 20.0 Å². The molecule has 0 radical (unpaired) electrons. The van der Waals surface area contributed by atoms with Crippen LogP contribution in [-0.4, -0.2) is 32.0 Å². The summed E-state index contributed by atoms with van der Waals surface area (Å²) in [6, 6.07) is 14.4. The molecule has 0 aliphatic rings. The van der Waals surface area contributed by atoms with Crippen molar-refractivity contribution < 1.29 is 13.9 Å². The standard InChI is InChI=1S/C25H20FN5O3/c1-2-34-22-8-5-15(23(27)32)9-18(22)24-29-19-11-20-21(10-17(19)25(33)30-24)31(13-28-20)12-14-3-6-16(26)7-4-14/h3-11,13H,2,12H2,1H3,(H2,27,32)(H,29,30,33). The van der Waals surface area contributed by atoms with Crippen LogP contribution in [0.1, 0.15) is 22.8 Å². The van der Waals surface area contributed by atoms with Crippen molar-refractivity contribution in [2.45, 2.75) is 13.5 Å². The number of nitrogens with zero attached hydrogens (tertiary/aromatic N) is 3. The van der Waals surface area contributed by atoms with Gasteiger partial charge in [0.1, 0.15) is 17.4 Å². The summed E-state index contributed by atoms with van der Waals surface area (Å²) >= 11 is 0. The zero-order chi connectivity index (χ0) is 23.8. The molecule has 1 amide bonds. The monoisotopic (exact) mass is 457 g/mol. The number of H-pyrrole nitrogens is 1. The normalized spacial score (nSPS) is 11.2. The molecule has 0 spiro atoms. The first kappa shape index (κ1) is 21.3. The van der Waals surface area contributed by atoms with E-state index in [-0.39, 0.29) is 22.8 Å². The maximum absolute atomic E-state index is 13.2. The van der Waals surface area contributed by atoms with Gasteiger partial charge in [0.25, 0.3) is 5.56 Å². The third-order valence-corrected chi connectivity index (χ3v) is 5.53. The maximum Gasteiger partial charge on any atom is 0.259 e. The molecule has 0 fully saturated rings. The number of halogens is 1. The number of hydrogen-bond acceptors (Lipinski definition) is 5. The van der Waals surface area contributed by atoms with Crippen LogP contribution in [0.2, 0.25) is 0 Å². The average molecular weight is 457 g/mol. The number of nitrogens with two attached hydrogens (primary N) is 1. The number of aromatic amines is 1. The smallest absolute Gasteiger partial charge is 0.259 e. The van der Waals surface area contributed by atoms with E-state index in [4.69, 9.17) is 10.5 Å². The number of imidazole rings is 1. The number of benzene rings is 3. The predicted octanol–water partition coefficient (Wildman–Crippen LogP) is 3.62. The van der Waals surface area contributed by atoms with Gasteiger partial charge in [-0.1, -0.05) is 12.1 Å². The van der Waals surface area contributed by atoms with Crippen LogP contribution in [0.25, 0.3) is 33.3 Å². The van der Waals surface area contributed by atoms with Crippen LogP contribution in [0.4, 0.5) is 4.39 Å². The number of primary amides is 1. The number of amides is 1. The zero-order valence-electron chi connectivity index (χ0n) is 18.2. The molecule has 0 bridgehead atoms. The van der Waals surface area contributed by atoms with E-state index in [1.807, 2.05) is 11.5 Å². The van der Waals surface area contributed by atoms with E-state index in [0.29, 0.717) is 40.9 Å². The van der Waals surface area contributed by atoms with E-state index in [1.54, 1.807) is 48.8 Å². The molecule has 2 heterocycles. The fourth-order valence-electron chi connectivity index (χ4n) is 3.88. The minimum atomic E-state index is -0.596. The van der Waals surface area contributed by atoms with E-state index >= 15 is 0 Å². The van der Waals surface area contributed by atoms with Gasteiger partial charge in [-0.25, -0.2) is 14.4 Å². The quantitative estimate of drug-likeness (QED) is 0.404. The number of ether oxygens (including phenoxy) is 1. The number of carbonyl (C=O) groups excluding carboxylic acids is 1. The molecule has 0 aliphatic heterocycles. The Labute approximate surface area is 192 Å². The summed E-state index contributed by atoms with van der Waals surface area (Å²) in [5, 5.41) is 0.390. The van der Waals surface area contributed by atoms with Gasteiger partial charge in [-0.2, -0.15) is 0 Å². The fourth-order valence-corrected chi connectivity index (χ4v) is 3.88. The molecule has 3 aromatic carbocycles. The van der Waals surface area contributed by atoms with Gasteiger partial charge in [-0.05, 0) is 55.0 Å². The Morgan fingerprint density at radius 3 is 2.65 bits per heavy atom. The Kier molecular flexibility index (Phi) is 5.29. The van der Waals surface area contributed by atoms with Crippen LogP contribution in [0.15, 0.2) is 65.7 Å². The highest BCUT2D eigenvalue weighted by atomic mass is 19.1. The molecular formula is C25H20FN5O3. The third-order valence-electron chi connectivity index (χ3n) is 5.53. The molecule has 0 saturated carbocycles. The van der Waals surface area contributed by atoms with Crippen molar-refractivity contribution in [2.24, 2.45) is 5.73 Å². The number of hydrogen-bond donors (Lipinski definition) is 2. The number of carbonyl (C=O) groups is 1. The van der Waals surface area contributed by atoms with Crippen molar-refractivity contribution in [2.75, 3.05) is 6.61 Å². The number of nitrogens with one attached hydrogen (secondary N) is 1. The lowest BCUT2D eigenvalue weighted by atomic mass is 10.1. The van der Waals surface area contributed by atoms with Gasteiger partial charge >= 0.3 is 0 Å². The van der Waals surface area contributed by atoms with Crippen LogP contribution in [0.3, 0.4) is 0 Å². The molecule has 8 nitrogen and oxygen atoms in total. The first-order valence-electron chi connectivity index (χ1n) is 10.6. The lowest BCUT2D eigenvalue weighted by Crippen LogP contribution is -2.13.